The predicted octanol–water partition coefficient (Wildman–Crippen LogP) is 0.708. The van der Waals surface area contributed by atoms with E-state index in [4.69, 9.17) is 4.74 Å². The molecule has 0 unspecified atom stereocenters. The van der Waals surface area contributed by atoms with E-state index in [1.54, 1.807) is 0 Å². The quantitative estimate of drug-likeness (QED) is 0.699. The zero-order valence-electron chi connectivity index (χ0n) is 9.25. The highest BCUT2D eigenvalue weighted by Gasteiger charge is 2.46. The Kier molecular flexibility index (Phi) is 3.26. The number of esters is 1. The summed E-state index contributed by atoms with van der Waals surface area (Å²) in [7, 11) is 1.42. The number of nitrogens with one attached hydrogen (secondary N) is 1. The van der Waals surface area contributed by atoms with Gasteiger partial charge in [-0.25, -0.2) is 0 Å². The molecule has 0 aromatic carbocycles. The molecule has 2 fully saturated rings. The largest absolute Gasteiger partial charge is 0.468 e. The van der Waals surface area contributed by atoms with Crippen LogP contribution in [0.5, 0.6) is 0 Å². The number of methoxy groups -OCH3 is 1. The number of rotatable bonds is 4. The molecule has 0 radical (unpaired) electrons. The molecule has 0 spiro atoms. The average Bonchev–Trinajstić information content (AvgIpc) is 2.76. The Hall–Kier alpha value is -0.610. The van der Waals surface area contributed by atoms with E-state index in [-0.39, 0.29) is 5.97 Å². The Balaban J connectivity index is 1.80. The molecule has 2 aliphatic rings. The number of carbonyl (C=O) groups excluding carboxylic acids is 1. The van der Waals surface area contributed by atoms with Crippen molar-refractivity contribution in [3.8, 4) is 0 Å². The third-order valence-corrected chi connectivity index (χ3v) is 3.72. The summed E-state index contributed by atoms with van der Waals surface area (Å²) in [6, 6.07) is 0. The minimum absolute atomic E-state index is 0.195. The van der Waals surface area contributed by atoms with Crippen molar-refractivity contribution < 1.29 is 14.3 Å². The topological polar surface area (TPSA) is 47.6 Å². The maximum Gasteiger partial charge on any atom is 0.319 e. The maximum atomic E-state index is 11.0. The van der Waals surface area contributed by atoms with Crippen molar-refractivity contribution >= 4 is 5.97 Å². The summed E-state index contributed by atoms with van der Waals surface area (Å²) in [6.07, 6.45) is 5.21. The molecule has 4 nitrogen and oxygen atoms in total. The smallest absolute Gasteiger partial charge is 0.319 e. The summed E-state index contributed by atoms with van der Waals surface area (Å²) < 4.78 is 10.3. The van der Waals surface area contributed by atoms with Gasteiger partial charge in [-0.1, -0.05) is 6.42 Å². The number of ether oxygens (including phenoxy) is 2. The van der Waals surface area contributed by atoms with E-state index < -0.39 is 0 Å². The molecule has 0 bridgehead atoms. The predicted molar refractivity (Wildman–Crippen MR) is 55.5 cm³/mol. The van der Waals surface area contributed by atoms with E-state index >= 15 is 0 Å². The standard InChI is InChI=1S/C11H19NO3/c1-14-10(13)7-12-8-11-4-2-3-9(11)15-6-5-11/h9,12H,2-8H2,1H3/t9-,11-/m1/s1. The van der Waals surface area contributed by atoms with Gasteiger partial charge in [-0.2, -0.15) is 0 Å². The van der Waals surface area contributed by atoms with Crippen LogP contribution in [0, 0.1) is 5.41 Å². The van der Waals surface area contributed by atoms with Gasteiger partial charge in [0.1, 0.15) is 0 Å². The highest BCUT2D eigenvalue weighted by molar-refractivity contribution is 5.71. The fourth-order valence-corrected chi connectivity index (χ4v) is 2.83. The molecule has 1 heterocycles. The lowest BCUT2D eigenvalue weighted by molar-refractivity contribution is -0.139. The average molecular weight is 213 g/mol. The molecule has 2 atom stereocenters. The molecule has 0 amide bonds. The van der Waals surface area contributed by atoms with Gasteiger partial charge < -0.3 is 14.8 Å². The molecular formula is C11H19NO3. The van der Waals surface area contributed by atoms with E-state index in [9.17, 15) is 4.79 Å². The fourth-order valence-electron chi connectivity index (χ4n) is 2.83. The van der Waals surface area contributed by atoms with Crippen molar-refractivity contribution in [2.75, 3.05) is 26.8 Å². The van der Waals surface area contributed by atoms with E-state index in [0.717, 1.165) is 19.6 Å². The zero-order valence-corrected chi connectivity index (χ0v) is 9.25. The second kappa shape index (κ2) is 4.49. The zero-order chi connectivity index (χ0) is 10.7. The molecule has 1 N–H and O–H groups in total. The molecule has 1 saturated carbocycles. The van der Waals surface area contributed by atoms with Crippen LogP contribution in [0.4, 0.5) is 0 Å². The summed E-state index contributed by atoms with van der Waals surface area (Å²) in [5.41, 5.74) is 0.300. The first-order valence-electron chi connectivity index (χ1n) is 5.66. The summed E-state index contributed by atoms with van der Waals surface area (Å²) in [6.45, 7) is 2.07. The van der Waals surface area contributed by atoms with Crippen LogP contribution >= 0.6 is 0 Å². The van der Waals surface area contributed by atoms with E-state index in [2.05, 4.69) is 10.1 Å². The van der Waals surface area contributed by atoms with Gasteiger partial charge in [-0.3, -0.25) is 4.79 Å². The second-order valence-corrected chi connectivity index (χ2v) is 4.54. The van der Waals surface area contributed by atoms with Crippen molar-refractivity contribution in [2.45, 2.75) is 31.8 Å². The molecule has 15 heavy (non-hydrogen) atoms. The van der Waals surface area contributed by atoms with Crippen molar-refractivity contribution in [3.05, 3.63) is 0 Å². The van der Waals surface area contributed by atoms with Gasteiger partial charge in [0.25, 0.3) is 0 Å². The lowest BCUT2D eigenvalue weighted by atomic mass is 9.83. The molecule has 4 heteroatoms. The van der Waals surface area contributed by atoms with Crippen molar-refractivity contribution in [1.82, 2.24) is 5.32 Å². The van der Waals surface area contributed by atoms with Crippen molar-refractivity contribution in [3.63, 3.8) is 0 Å². The van der Waals surface area contributed by atoms with Gasteiger partial charge >= 0.3 is 5.97 Å². The third-order valence-electron chi connectivity index (χ3n) is 3.72. The molecule has 1 saturated heterocycles. The van der Waals surface area contributed by atoms with Gasteiger partial charge in [-0.15, -0.1) is 0 Å². The lowest BCUT2D eigenvalue weighted by Crippen LogP contribution is -2.39. The first-order valence-corrected chi connectivity index (χ1v) is 5.66. The van der Waals surface area contributed by atoms with E-state index in [0.29, 0.717) is 18.1 Å². The van der Waals surface area contributed by atoms with Gasteiger partial charge in [0, 0.05) is 18.6 Å². The van der Waals surface area contributed by atoms with Gasteiger partial charge in [0.15, 0.2) is 0 Å². The molecule has 1 aliphatic heterocycles. The normalized spacial score (nSPS) is 34.1. The van der Waals surface area contributed by atoms with Crippen LogP contribution in [0.1, 0.15) is 25.7 Å². The third kappa shape index (κ3) is 2.16. The molecule has 0 aromatic heterocycles. The van der Waals surface area contributed by atoms with E-state index in [1.165, 1.54) is 26.4 Å². The summed E-state index contributed by atoms with van der Waals surface area (Å²) in [5, 5.41) is 3.19. The minimum Gasteiger partial charge on any atom is -0.468 e. The van der Waals surface area contributed by atoms with Crippen LogP contribution in [0.2, 0.25) is 0 Å². The fraction of sp³-hybridized carbons (Fsp3) is 0.909. The van der Waals surface area contributed by atoms with Gasteiger partial charge in [0.2, 0.25) is 0 Å². The molecular weight excluding hydrogens is 194 g/mol. The Morgan fingerprint density at radius 1 is 1.60 bits per heavy atom. The van der Waals surface area contributed by atoms with Crippen LogP contribution in [-0.4, -0.2) is 38.9 Å². The first kappa shape index (κ1) is 10.9. The number of fused-ring (bicyclic) bond motifs is 1. The first-order chi connectivity index (χ1) is 7.27. The van der Waals surface area contributed by atoms with Gasteiger partial charge in [0.05, 0.1) is 19.8 Å². The van der Waals surface area contributed by atoms with Crippen LogP contribution in [0.3, 0.4) is 0 Å². The molecule has 1 aliphatic carbocycles. The Bertz CT molecular complexity index is 232. The number of hydrogen-bond donors (Lipinski definition) is 1. The monoisotopic (exact) mass is 213 g/mol. The van der Waals surface area contributed by atoms with Crippen molar-refractivity contribution in [1.29, 1.82) is 0 Å². The Morgan fingerprint density at radius 3 is 3.27 bits per heavy atom. The Labute approximate surface area is 90.3 Å². The molecule has 2 rings (SSSR count). The lowest BCUT2D eigenvalue weighted by Gasteiger charge is -2.27. The second-order valence-electron chi connectivity index (χ2n) is 4.54. The number of hydrogen-bond acceptors (Lipinski definition) is 4. The van der Waals surface area contributed by atoms with Crippen LogP contribution in [0.25, 0.3) is 0 Å². The highest BCUT2D eigenvalue weighted by atomic mass is 16.5. The van der Waals surface area contributed by atoms with Crippen molar-refractivity contribution in [2.24, 2.45) is 5.41 Å². The van der Waals surface area contributed by atoms with Gasteiger partial charge in [-0.05, 0) is 19.3 Å². The summed E-state index contributed by atoms with van der Waals surface area (Å²) >= 11 is 0. The van der Waals surface area contributed by atoms with E-state index in [1.807, 2.05) is 0 Å². The summed E-state index contributed by atoms with van der Waals surface area (Å²) in [4.78, 5) is 11.0. The SMILES string of the molecule is COC(=O)CNC[C@]12CCC[C@H]1OCC2. The van der Waals surface area contributed by atoms with Crippen LogP contribution in [-0.2, 0) is 14.3 Å². The number of carbonyl (C=O) groups is 1. The van der Waals surface area contributed by atoms with Crippen LogP contribution in [0.15, 0.2) is 0 Å². The Morgan fingerprint density at radius 2 is 2.47 bits per heavy atom. The molecule has 86 valence electrons. The maximum absolute atomic E-state index is 11.0. The molecule has 0 aromatic rings. The minimum atomic E-state index is -0.195. The van der Waals surface area contributed by atoms with Crippen LogP contribution < -0.4 is 5.32 Å². The summed E-state index contributed by atoms with van der Waals surface area (Å²) in [5.74, 6) is -0.195. The highest BCUT2D eigenvalue weighted by Crippen LogP contribution is 2.46.